The first kappa shape index (κ1) is 20.2. The minimum absolute atomic E-state index is 0.218. The van der Waals surface area contributed by atoms with Gasteiger partial charge in [-0.2, -0.15) is 0 Å². The Bertz CT molecular complexity index is 1620. The van der Waals surface area contributed by atoms with E-state index in [4.69, 9.17) is 9.98 Å². The zero-order chi connectivity index (χ0) is 23.3. The van der Waals surface area contributed by atoms with Crippen molar-refractivity contribution in [3.63, 3.8) is 0 Å². The molecule has 6 heterocycles. The van der Waals surface area contributed by atoms with Gasteiger partial charge in [-0.3, -0.25) is 4.79 Å². The molecule has 1 unspecified atom stereocenters. The maximum Gasteiger partial charge on any atom is 0.223 e. The number of aromatic nitrogens is 2. The van der Waals surface area contributed by atoms with Crippen LogP contribution in [0.3, 0.4) is 0 Å². The highest BCUT2D eigenvalue weighted by atomic mass is 16.3. The van der Waals surface area contributed by atoms with Gasteiger partial charge in [0.25, 0.3) is 0 Å². The van der Waals surface area contributed by atoms with E-state index < -0.39 is 5.66 Å². The highest BCUT2D eigenvalue weighted by Gasteiger charge is 2.36. The summed E-state index contributed by atoms with van der Waals surface area (Å²) in [6.45, 7) is 1.93. The summed E-state index contributed by atoms with van der Waals surface area (Å²) in [5.74, 6) is -0.218. The largest absolute Gasteiger partial charge is 0.503 e. The summed E-state index contributed by atoms with van der Waals surface area (Å²) in [5, 5.41) is 16.1. The smallest absolute Gasteiger partial charge is 0.223 e. The standard InChI is InChI=1S/C27H23N5O2/c1-2-24-26(34)25(33)10-12-32(24)27-11-9-22(31-27)15-21-6-5-18(29-21)13-17-3-4-19(28-17)14-20-7-8-23(16-27)30-20/h3-10,12-16,28,31,34H,2,11H2,1H3. The van der Waals surface area contributed by atoms with Crippen molar-refractivity contribution in [2.24, 2.45) is 9.98 Å². The Morgan fingerprint density at radius 1 is 1.00 bits per heavy atom. The lowest BCUT2D eigenvalue weighted by atomic mass is 10.0. The van der Waals surface area contributed by atoms with Crippen molar-refractivity contribution < 1.29 is 5.11 Å². The Hall–Kier alpha value is -4.39. The number of H-pyrrole nitrogens is 1. The second-order valence-corrected chi connectivity index (χ2v) is 8.65. The number of nitrogens with zero attached hydrogens (tertiary/aromatic N) is 3. The average Bonchev–Trinajstić information content (AvgIpc) is 3.61. The molecule has 7 heteroatoms. The molecule has 0 saturated heterocycles. The third kappa shape index (κ3) is 3.42. The van der Waals surface area contributed by atoms with Gasteiger partial charge in [0.05, 0.1) is 28.5 Å². The Morgan fingerprint density at radius 3 is 2.44 bits per heavy atom. The van der Waals surface area contributed by atoms with Crippen LogP contribution in [0.2, 0.25) is 0 Å². The quantitative estimate of drug-likeness (QED) is 0.655. The number of pyridine rings is 1. The van der Waals surface area contributed by atoms with Gasteiger partial charge in [-0.25, -0.2) is 9.98 Å². The van der Waals surface area contributed by atoms with E-state index in [-0.39, 0.29) is 11.2 Å². The number of aromatic hydroxyl groups is 1. The number of aromatic amines is 1. The van der Waals surface area contributed by atoms with Gasteiger partial charge in [-0.15, -0.1) is 0 Å². The number of nitrogens with one attached hydrogen (secondary N) is 2. The van der Waals surface area contributed by atoms with Crippen LogP contribution >= 0.6 is 0 Å². The van der Waals surface area contributed by atoms with Gasteiger partial charge in [0.15, 0.2) is 5.75 Å². The van der Waals surface area contributed by atoms with Gasteiger partial charge < -0.3 is 20.0 Å². The third-order valence-electron chi connectivity index (χ3n) is 6.33. The zero-order valence-corrected chi connectivity index (χ0v) is 18.6. The fourth-order valence-electron chi connectivity index (χ4n) is 4.75. The van der Waals surface area contributed by atoms with E-state index >= 15 is 0 Å². The van der Waals surface area contributed by atoms with E-state index in [0.717, 1.165) is 39.2 Å². The number of hydrogen-bond acceptors (Lipinski definition) is 5. The first-order valence-corrected chi connectivity index (χ1v) is 11.3. The lowest BCUT2D eigenvalue weighted by Gasteiger charge is -2.33. The molecule has 0 fully saturated rings. The van der Waals surface area contributed by atoms with E-state index in [2.05, 4.69) is 16.4 Å². The van der Waals surface area contributed by atoms with Gasteiger partial charge in [0.2, 0.25) is 5.43 Å². The normalized spacial score (nSPS) is 22.2. The fraction of sp³-hybridized carbons (Fsp3) is 0.148. The Labute approximate surface area is 195 Å². The van der Waals surface area contributed by atoms with Crippen LogP contribution in [0, 0.1) is 0 Å². The molecule has 2 aromatic heterocycles. The van der Waals surface area contributed by atoms with E-state index in [1.54, 1.807) is 6.20 Å². The number of allylic oxidation sites excluding steroid dienone is 5. The van der Waals surface area contributed by atoms with Crippen LogP contribution in [-0.2, 0) is 12.1 Å². The molecule has 0 radical (unpaired) electrons. The van der Waals surface area contributed by atoms with Crippen molar-refractivity contribution in [1.82, 2.24) is 14.9 Å². The molecule has 0 saturated carbocycles. The molecule has 6 rings (SSSR count). The maximum absolute atomic E-state index is 12.2. The first-order chi connectivity index (χ1) is 16.5. The molecule has 4 aliphatic heterocycles. The van der Waals surface area contributed by atoms with Crippen molar-refractivity contribution in [2.75, 3.05) is 0 Å². The molecule has 3 N–H and O–H groups in total. The zero-order valence-electron chi connectivity index (χ0n) is 18.6. The average molecular weight is 450 g/mol. The highest BCUT2D eigenvalue weighted by Crippen LogP contribution is 2.34. The molecule has 168 valence electrons. The van der Waals surface area contributed by atoms with Gasteiger partial charge in [0.1, 0.15) is 5.66 Å². The lowest BCUT2D eigenvalue weighted by Crippen LogP contribution is -2.43. The van der Waals surface area contributed by atoms with Crippen molar-refractivity contribution in [2.45, 2.75) is 25.4 Å². The predicted molar refractivity (Wildman–Crippen MR) is 134 cm³/mol. The monoisotopic (exact) mass is 449 g/mol. The van der Waals surface area contributed by atoms with Crippen LogP contribution in [-0.4, -0.2) is 26.1 Å². The molecule has 2 aromatic rings. The number of fused-ring (bicyclic) bond motifs is 6. The summed E-state index contributed by atoms with van der Waals surface area (Å²) in [6.07, 6.45) is 21.0. The number of aliphatic imine (C=N–C) groups is 2. The second-order valence-electron chi connectivity index (χ2n) is 8.65. The van der Waals surface area contributed by atoms with Crippen molar-refractivity contribution in [3.8, 4) is 5.75 Å². The molecule has 4 aliphatic rings. The van der Waals surface area contributed by atoms with Crippen LogP contribution in [0.4, 0.5) is 0 Å². The predicted octanol–water partition coefficient (Wildman–Crippen LogP) is 2.04. The summed E-state index contributed by atoms with van der Waals surface area (Å²) in [5.41, 5.74) is 3.72. The molecule has 34 heavy (non-hydrogen) atoms. The number of hydrogen-bond donors (Lipinski definition) is 3. The van der Waals surface area contributed by atoms with Gasteiger partial charge in [-0.05, 0) is 67.2 Å². The van der Waals surface area contributed by atoms with Crippen LogP contribution in [0.25, 0.3) is 12.2 Å². The summed E-state index contributed by atoms with van der Waals surface area (Å²) in [7, 11) is 0. The van der Waals surface area contributed by atoms with Gasteiger partial charge >= 0.3 is 0 Å². The van der Waals surface area contributed by atoms with E-state index in [9.17, 15) is 9.90 Å². The number of rotatable bonds is 2. The summed E-state index contributed by atoms with van der Waals surface area (Å²) >= 11 is 0. The molecule has 0 spiro atoms. The molecule has 1 atom stereocenters. The Morgan fingerprint density at radius 2 is 1.71 bits per heavy atom. The third-order valence-corrected chi connectivity index (χ3v) is 6.33. The van der Waals surface area contributed by atoms with E-state index in [0.29, 0.717) is 18.5 Å². The van der Waals surface area contributed by atoms with Gasteiger partial charge in [0, 0.05) is 35.1 Å². The van der Waals surface area contributed by atoms with E-state index in [1.165, 1.54) is 6.07 Å². The highest BCUT2D eigenvalue weighted by molar-refractivity contribution is 6.20. The maximum atomic E-state index is 12.2. The van der Waals surface area contributed by atoms with Crippen molar-refractivity contribution >= 4 is 23.6 Å². The molecule has 0 aromatic carbocycles. The molecule has 7 nitrogen and oxygen atoms in total. The fourth-order valence-corrected chi connectivity index (χ4v) is 4.75. The molecule has 0 aliphatic carbocycles. The molecular formula is C27H23N5O2. The Balaban J connectivity index is 1.56. The van der Waals surface area contributed by atoms with Crippen LogP contribution in [0.1, 0.15) is 19.0 Å². The first-order valence-electron chi connectivity index (χ1n) is 11.3. The summed E-state index contributed by atoms with van der Waals surface area (Å²) in [6, 6.07) is 5.44. The van der Waals surface area contributed by atoms with Crippen LogP contribution < -0.4 is 21.4 Å². The summed E-state index contributed by atoms with van der Waals surface area (Å²) < 4.78 is 1.94. The minimum atomic E-state index is -0.737. The minimum Gasteiger partial charge on any atom is -0.503 e. The van der Waals surface area contributed by atoms with Gasteiger partial charge in [-0.1, -0.05) is 13.0 Å². The second kappa shape index (κ2) is 7.59. The van der Waals surface area contributed by atoms with Crippen LogP contribution in [0.5, 0.6) is 5.75 Å². The van der Waals surface area contributed by atoms with Crippen molar-refractivity contribution in [3.05, 3.63) is 111 Å². The topological polar surface area (TPSA) is 94.8 Å². The molecule has 8 bridgehead atoms. The molecule has 0 amide bonds. The van der Waals surface area contributed by atoms with Crippen molar-refractivity contribution in [1.29, 1.82) is 0 Å². The summed E-state index contributed by atoms with van der Waals surface area (Å²) in [4.78, 5) is 25.1. The van der Waals surface area contributed by atoms with Crippen LogP contribution in [0.15, 0.2) is 98.8 Å². The molecular weight excluding hydrogens is 426 g/mol. The SMILES string of the molecule is CCc1c(O)c(=O)ccn1C12C=C3C=CC(=N3)C=c3ccc([nH]3)=CC3=NC(=CC(=CC1)N2)C=C3. The van der Waals surface area contributed by atoms with E-state index in [1.807, 2.05) is 72.2 Å². The Kier molecular flexibility index (Phi) is 4.52. The lowest BCUT2D eigenvalue weighted by molar-refractivity contribution is 0.321.